The first kappa shape index (κ1) is 17.8. The molecule has 1 saturated heterocycles. The number of benzene rings is 2. The van der Waals surface area contributed by atoms with Crippen LogP contribution in [0, 0.1) is 0 Å². The van der Waals surface area contributed by atoms with Gasteiger partial charge in [0.25, 0.3) is 0 Å². The van der Waals surface area contributed by atoms with Gasteiger partial charge >= 0.3 is 0 Å². The molecule has 2 N–H and O–H groups in total. The van der Waals surface area contributed by atoms with E-state index >= 15 is 0 Å². The number of piperazine rings is 1. The monoisotopic (exact) mass is 417 g/mol. The van der Waals surface area contributed by atoms with E-state index < -0.39 is 0 Å². The van der Waals surface area contributed by atoms with Crippen molar-refractivity contribution in [2.45, 2.75) is 25.4 Å². The Kier molecular flexibility index (Phi) is 5.16. The van der Waals surface area contributed by atoms with Gasteiger partial charge in [0.2, 0.25) is 5.91 Å². The largest absolute Gasteiger partial charge is 0.508 e. The molecular formula is C20H24BrN3O2. The van der Waals surface area contributed by atoms with Crippen molar-refractivity contribution >= 4 is 32.6 Å². The fraction of sp³-hybridized carbons (Fsp3) is 0.450. The molecule has 1 amide bonds. The number of nitrogens with zero attached hydrogens (tertiary/aromatic N) is 2. The summed E-state index contributed by atoms with van der Waals surface area (Å²) >= 11 is 3.51. The summed E-state index contributed by atoms with van der Waals surface area (Å²) in [4.78, 5) is 16.5. The van der Waals surface area contributed by atoms with E-state index in [1.54, 1.807) is 6.07 Å². The summed E-state index contributed by atoms with van der Waals surface area (Å²) in [5, 5.41) is 15.6. The fourth-order valence-corrected chi connectivity index (χ4v) is 3.93. The van der Waals surface area contributed by atoms with Gasteiger partial charge in [-0.3, -0.25) is 14.6 Å². The summed E-state index contributed by atoms with van der Waals surface area (Å²) < 4.78 is 1.04. The maximum absolute atomic E-state index is 11.9. The number of fused-ring (bicyclic) bond motifs is 1. The van der Waals surface area contributed by atoms with E-state index in [-0.39, 0.29) is 5.91 Å². The minimum atomic E-state index is 0.151. The van der Waals surface area contributed by atoms with Gasteiger partial charge in [-0.15, -0.1) is 0 Å². The Morgan fingerprint density at radius 1 is 1.12 bits per heavy atom. The number of carbonyl (C=O) groups excluding carboxylic acids is 1. The molecule has 6 heteroatoms. The van der Waals surface area contributed by atoms with Crippen molar-refractivity contribution in [3.05, 3.63) is 40.4 Å². The van der Waals surface area contributed by atoms with Gasteiger partial charge in [0.15, 0.2) is 0 Å². The molecule has 1 aliphatic carbocycles. The highest BCUT2D eigenvalue weighted by Gasteiger charge is 2.25. The lowest BCUT2D eigenvalue weighted by Gasteiger charge is -2.34. The highest BCUT2D eigenvalue weighted by atomic mass is 79.9. The lowest BCUT2D eigenvalue weighted by atomic mass is 10.0. The number of rotatable bonds is 5. The Labute approximate surface area is 162 Å². The van der Waals surface area contributed by atoms with E-state index in [1.807, 2.05) is 12.1 Å². The van der Waals surface area contributed by atoms with Gasteiger partial charge < -0.3 is 10.4 Å². The Morgan fingerprint density at radius 3 is 2.58 bits per heavy atom. The van der Waals surface area contributed by atoms with Crippen LogP contribution in [0.4, 0.5) is 0 Å². The molecule has 2 fully saturated rings. The molecule has 1 saturated carbocycles. The number of phenols is 1. The first-order valence-corrected chi connectivity index (χ1v) is 10.0. The molecule has 2 aliphatic rings. The molecule has 26 heavy (non-hydrogen) atoms. The van der Waals surface area contributed by atoms with Crippen molar-refractivity contribution in [2.24, 2.45) is 0 Å². The summed E-state index contributed by atoms with van der Waals surface area (Å²) in [5.41, 5.74) is 0.981. The number of hydrogen-bond donors (Lipinski definition) is 2. The second-order valence-corrected chi connectivity index (χ2v) is 8.24. The maximum Gasteiger partial charge on any atom is 0.234 e. The zero-order valence-electron chi connectivity index (χ0n) is 14.7. The van der Waals surface area contributed by atoms with Crippen molar-refractivity contribution in [3.63, 3.8) is 0 Å². The van der Waals surface area contributed by atoms with E-state index in [2.05, 4.69) is 43.2 Å². The van der Waals surface area contributed by atoms with E-state index in [1.165, 1.54) is 0 Å². The van der Waals surface area contributed by atoms with E-state index in [0.717, 1.165) is 66.4 Å². The molecule has 1 aliphatic heterocycles. The van der Waals surface area contributed by atoms with Crippen LogP contribution in [-0.4, -0.2) is 59.6 Å². The number of phenolic OH excluding ortho intramolecular Hbond substituents is 1. The van der Waals surface area contributed by atoms with Crippen LogP contribution in [0.15, 0.2) is 34.8 Å². The number of aromatic hydroxyl groups is 1. The Bertz CT molecular complexity index is 814. The molecule has 138 valence electrons. The number of carbonyl (C=O) groups is 1. The third-order valence-corrected chi connectivity index (χ3v) is 5.72. The first-order valence-electron chi connectivity index (χ1n) is 9.23. The number of halogens is 1. The Morgan fingerprint density at radius 2 is 1.85 bits per heavy atom. The summed E-state index contributed by atoms with van der Waals surface area (Å²) in [6.07, 6.45) is 2.26. The SMILES string of the molecule is O=C(CN1CCN(Cc2c(O)ccc3cc(Br)ccc23)CC1)NC1CC1. The smallest absolute Gasteiger partial charge is 0.234 e. The summed E-state index contributed by atoms with van der Waals surface area (Å²) in [6, 6.07) is 10.3. The van der Waals surface area contributed by atoms with Crippen molar-refractivity contribution in [3.8, 4) is 5.75 Å². The fourth-order valence-electron chi connectivity index (χ4n) is 3.55. The first-order chi connectivity index (χ1) is 12.6. The van der Waals surface area contributed by atoms with Crippen LogP contribution in [0.3, 0.4) is 0 Å². The number of hydrogen-bond acceptors (Lipinski definition) is 4. The van der Waals surface area contributed by atoms with Crippen molar-refractivity contribution < 1.29 is 9.90 Å². The quantitative estimate of drug-likeness (QED) is 0.784. The minimum absolute atomic E-state index is 0.151. The van der Waals surface area contributed by atoms with Crippen LogP contribution < -0.4 is 5.32 Å². The summed E-state index contributed by atoms with van der Waals surface area (Å²) in [6.45, 7) is 4.81. The van der Waals surface area contributed by atoms with Crippen LogP contribution in [0.25, 0.3) is 10.8 Å². The molecule has 0 aromatic heterocycles. The maximum atomic E-state index is 11.9. The zero-order chi connectivity index (χ0) is 18.1. The molecular weight excluding hydrogens is 394 g/mol. The van der Waals surface area contributed by atoms with E-state index in [9.17, 15) is 9.90 Å². The van der Waals surface area contributed by atoms with Gasteiger partial charge in [0.1, 0.15) is 5.75 Å². The van der Waals surface area contributed by atoms with Gasteiger partial charge in [-0.2, -0.15) is 0 Å². The van der Waals surface area contributed by atoms with E-state index in [0.29, 0.717) is 18.3 Å². The van der Waals surface area contributed by atoms with Gasteiger partial charge in [-0.25, -0.2) is 0 Å². The van der Waals surface area contributed by atoms with Gasteiger partial charge in [-0.05, 0) is 41.8 Å². The highest BCUT2D eigenvalue weighted by molar-refractivity contribution is 9.10. The predicted molar refractivity (Wildman–Crippen MR) is 106 cm³/mol. The molecule has 2 aromatic carbocycles. The lowest BCUT2D eigenvalue weighted by Crippen LogP contribution is -2.49. The van der Waals surface area contributed by atoms with Crippen molar-refractivity contribution in [1.29, 1.82) is 0 Å². The van der Waals surface area contributed by atoms with Crippen LogP contribution in [0.2, 0.25) is 0 Å². The zero-order valence-corrected chi connectivity index (χ0v) is 16.3. The second kappa shape index (κ2) is 7.55. The van der Waals surface area contributed by atoms with Crippen LogP contribution in [-0.2, 0) is 11.3 Å². The average molecular weight is 418 g/mol. The van der Waals surface area contributed by atoms with Crippen LogP contribution in [0.5, 0.6) is 5.75 Å². The number of nitrogens with one attached hydrogen (secondary N) is 1. The minimum Gasteiger partial charge on any atom is -0.508 e. The third kappa shape index (κ3) is 4.19. The van der Waals surface area contributed by atoms with Gasteiger partial charge in [-0.1, -0.05) is 28.1 Å². The van der Waals surface area contributed by atoms with Crippen LogP contribution >= 0.6 is 15.9 Å². The average Bonchev–Trinajstić information content (AvgIpc) is 3.43. The normalized spacial score (nSPS) is 19.0. The molecule has 0 radical (unpaired) electrons. The Balaban J connectivity index is 1.37. The summed E-state index contributed by atoms with van der Waals surface area (Å²) in [5.74, 6) is 0.504. The second-order valence-electron chi connectivity index (χ2n) is 7.32. The molecule has 4 rings (SSSR count). The summed E-state index contributed by atoms with van der Waals surface area (Å²) in [7, 11) is 0. The van der Waals surface area contributed by atoms with E-state index in [4.69, 9.17) is 0 Å². The standard InChI is InChI=1S/C20H24BrN3O2/c21-15-2-5-17-14(11-15)1-6-19(25)18(17)12-23-7-9-24(10-8-23)13-20(26)22-16-3-4-16/h1-2,5-6,11,16,25H,3-4,7-10,12-13H2,(H,22,26). The molecule has 1 heterocycles. The predicted octanol–water partition coefficient (Wildman–Crippen LogP) is 2.70. The highest BCUT2D eigenvalue weighted by Crippen LogP contribution is 2.30. The molecule has 0 spiro atoms. The van der Waals surface area contributed by atoms with Gasteiger partial charge in [0.05, 0.1) is 6.54 Å². The lowest BCUT2D eigenvalue weighted by molar-refractivity contribution is -0.122. The van der Waals surface area contributed by atoms with Crippen molar-refractivity contribution in [2.75, 3.05) is 32.7 Å². The molecule has 0 atom stereocenters. The number of amides is 1. The molecule has 0 bridgehead atoms. The Hall–Kier alpha value is -1.63. The van der Waals surface area contributed by atoms with Crippen molar-refractivity contribution in [1.82, 2.24) is 15.1 Å². The third-order valence-electron chi connectivity index (χ3n) is 5.22. The molecule has 5 nitrogen and oxygen atoms in total. The van der Waals surface area contributed by atoms with Crippen LogP contribution in [0.1, 0.15) is 18.4 Å². The van der Waals surface area contributed by atoms with Gasteiger partial charge in [0, 0.05) is 48.8 Å². The molecule has 0 unspecified atom stereocenters. The molecule has 2 aromatic rings. The topological polar surface area (TPSA) is 55.8 Å².